The molecule has 0 bridgehead atoms. The third-order valence-electron chi connectivity index (χ3n) is 4.02. The van der Waals surface area contributed by atoms with Gasteiger partial charge in [-0.3, -0.25) is 0 Å². The third kappa shape index (κ3) is 4.53. The summed E-state index contributed by atoms with van der Waals surface area (Å²) in [5.41, 5.74) is 3.02. The molecule has 0 unspecified atom stereocenters. The zero-order valence-electron chi connectivity index (χ0n) is 13.2. The van der Waals surface area contributed by atoms with E-state index in [-0.39, 0.29) is 0 Å². The summed E-state index contributed by atoms with van der Waals surface area (Å²) in [6.45, 7) is 2.29. The molecule has 0 aromatic heterocycles. The number of benzene rings is 2. The van der Waals surface area contributed by atoms with Gasteiger partial charge in [-0.2, -0.15) is 0 Å². The molecule has 0 aliphatic carbocycles. The SMILES string of the molecule is S=C(Nc1ccc(N2CCCCC2)cc1)Nc1ccc(Cl)c(Cl)c1. The van der Waals surface area contributed by atoms with Gasteiger partial charge in [-0.15, -0.1) is 0 Å². The normalized spacial score (nSPS) is 14.3. The van der Waals surface area contributed by atoms with E-state index in [2.05, 4.69) is 27.7 Å². The van der Waals surface area contributed by atoms with Gasteiger partial charge >= 0.3 is 0 Å². The Morgan fingerprint density at radius 3 is 2.12 bits per heavy atom. The van der Waals surface area contributed by atoms with Crippen LogP contribution in [0.4, 0.5) is 17.1 Å². The second-order valence-corrected chi connectivity index (χ2v) is 7.03. The summed E-state index contributed by atoms with van der Waals surface area (Å²) in [6.07, 6.45) is 3.89. The minimum Gasteiger partial charge on any atom is -0.372 e. The number of nitrogens with one attached hydrogen (secondary N) is 2. The molecule has 126 valence electrons. The van der Waals surface area contributed by atoms with Crippen molar-refractivity contribution in [3.05, 3.63) is 52.5 Å². The molecule has 2 aromatic rings. The molecule has 6 heteroatoms. The Hall–Kier alpha value is -1.49. The van der Waals surface area contributed by atoms with Crippen molar-refractivity contribution in [2.24, 2.45) is 0 Å². The molecule has 0 atom stereocenters. The van der Waals surface area contributed by atoms with E-state index in [0.717, 1.165) is 24.5 Å². The molecule has 1 heterocycles. The fourth-order valence-corrected chi connectivity index (χ4v) is 3.31. The van der Waals surface area contributed by atoms with E-state index >= 15 is 0 Å². The summed E-state index contributed by atoms with van der Waals surface area (Å²) < 4.78 is 0. The molecule has 2 aromatic carbocycles. The quantitative estimate of drug-likeness (QED) is 0.659. The van der Waals surface area contributed by atoms with Crippen LogP contribution in [-0.2, 0) is 0 Å². The maximum Gasteiger partial charge on any atom is 0.175 e. The highest BCUT2D eigenvalue weighted by Gasteiger charge is 2.10. The van der Waals surface area contributed by atoms with Crippen LogP contribution in [0.25, 0.3) is 0 Å². The van der Waals surface area contributed by atoms with Crippen LogP contribution in [0.1, 0.15) is 19.3 Å². The van der Waals surface area contributed by atoms with E-state index in [1.54, 1.807) is 12.1 Å². The Morgan fingerprint density at radius 2 is 1.46 bits per heavy atom. The number of nitrogens with zero attached hydrogens (tertiary/aromatic N) is 1. The molecule has 1 fully saturated rings. The van der Waals surface area contributed by atoms with Crippen molar-refractivity contribution in [2.75, 3.05) is 28.6 Å². The van der Waals surface area contributed by atoms with Gasteiger partial charge in [0.15, 0.2) is 5.11 Å². The van der Waals surface area contributed by atoms with Gasteiger partial charge in [0.1, 0.15) is 0 Å². The fourth-order valence-electron chi connectivity index (χ4n) is 2.78. The fraction of sp³-hybridized carbons (Fsp3) is 0.278. The van der Waals surface area contributed by atoms with Gasteiger partial charge < -0.3 is 15.5 Å². The standard InChI is InChI=1S/C18H19Cl2N3S/c19-16-9-6-14(12-17(16)20)22-18(24)21-13-4-7-15(8-5-13)23-10-2-1-3-11-23/h4-9,12H,1-3,10-11H2,(H2,21,22,24). The maximum absolute atomic E-state index is 6.01. The first-order valence-electron chi connectivity index (χ1n) is 8.00. The molecular formula is C18H19Cl2N3S. The van der Waals surface area contributed by atoms with E-state index in [4.69, 9.17) is 35.4 Å². The summed E-state index contributed by atoms with van der Waals surface area (Å²) in [5.74, 6) is 0. The molecule has 3 rings (SSSR count). The topological polar surface area (TPSA) is 27.3 Å². The van der Waals surface area contributed by atoms with Crippen molar-refractivity contribution in [3.63, 3.8) is 0 Å². The Morgan fingerprint density at radius 1 is 0.833 bits per heavy atom. The van der Waals surface area contributed by atoms with Crippen LogP contribution < -0.4 is 15.5 Å². The van der Waals surface area contributed by atoms with E-state index in [1.165, 1.54) is 24.9 Å². The molecule has 0 spiro atoms. The highest BCUT2D eigenvalue weighted by atomic mass is 35.5. The predicted octanol–water partition coefficient (Wildman–Crippen LogP) is 5.79. The molecule has 0 radical (unpaired) electrons. The van der Waals surface area contributed by atoms with Gasteiger partial charge in [-0.05, 0) is 73.9 Å². The van der Waals surface area contributed by atoms with Gasteiger partial charge in [-0.1, -0.05) is 23.2 Å². The van der Waals surface area contributed by atoms with Crippen LogP contribution >= 0.6 is 35.4 Å². The van der Waals surface area contributed by atoms with Crippen molar-refractivity contribution < 1.29 is 0 Å². The summed E-state index contributed by atoms with van der Waals surface area (Å²) in [7, 11) is 0. The summed E-state index contributed by atoms with van der Waals surface area (Å²) >= 11 is 17.3. The molecule has 24 heavy (non-hydrogen) atoms. The minimum absolute atomic E-state index is 0.496. The van der Waals surface area contributed by atoms with E-state index in [9.17, 15) is 0 Å². The van der Waals surface area contributed by atoms with E-state index in [1.807, 2.05) is 18.2 Å². The first-order chi connectivity index (χ1) is 11.6. The molecule has 1 aliphatic rings. The Kier molecular flexibility index (Phi) is 5.82. The smallest absolute Gasteiger partial charge is 0.175 e. The average Bonchev–Trinajstić information content (AvgIpc) is 2.59. The van der Waals surface area contributed by atoms with Gasteiger partial charge in [0, 0.05) is 30.2 Å². The van der Waals surface area contributed by atoms with E-state index in [0.29, 0.717) is 15.2 Å². The number of anilines is 3. The first kappa shape index (κ1) is 17.3. The average molecular weight is 380 g/mol. The van der Waals surface area contributed by atoms with Crippen LogP contribution in [0, 0.1) is 0 Å². The zero-order valence-corrected chi connectivity index (χ0v) is 15.5. The van der Waals surface area contributed by atoms with Gasteiger partial charge in [0.05, 0.1) is 10.0 Å². The number of thiocarbonyl (C=S) groups is 1. The molecule has 3 nitrogen and oxygen atoms in total. The lowest BCUT2D eigenvalue weighted by atomic mass is 10.1. The second kappa shape index (κ2) is 8.06. The van der Waals surface area contributed by atoms with Crippen molar-refractivity contribution >= 4 is 57.6 Å². The minimum atomic E-state index is 0.496. The lowest BCUT2D eigenvalue weighted by Gasteiger charge is -2.28. The lowest BCUT2D eigenvalue weighted by molar-refractivity contribution is 0.578. The summed E-state index contributed by atoms with van der Waals surface area (Å²) in [4.78, 5) is 2.43. The molecule has 1 aliphatic heterocycles. The highest BCUT2D eigenvalue weighted by Crippen LogP contribution is 2.25. The van der Waals surface area contributed by atoms with Crippen LogP contribution in [0.5, 0.6) is 0 Å². The van der Waals surface area contributed by atoms with Crippen LogP contribution in [-0.4, -0.2) is 18.2 Å². The largest absolute Gasteiger partial charge is 0.372 e. The first-order valence-corrected chi connectivity index (χ1v) is 9.16. The van der Waals surface area contributed by atoms with Crippen LogP contribution in [0.2, 0.25) is 10.0 Å². The number of hydrogen-bond acceptors (Lipinski definition) is 2. The molecule has 0 saturated carbocycles. The van der Waals surface area contributed by atoms with Crippen molar-refractivity contribution in [3.8, 4) is 0 Å². The number of halogens is 2. The second-order valence-electron chi connectivity index (χ2n) is 5.80. The summed E-state index contributed by atoms with van der Waals surface area (Å²) in [5, 5.41) is 7.81. The van der Waals surface area contributed by atoms with Gasteiger partial charge in [0.2, 0.25) is 0 Å². The molecule has 0 amide bonds. The maximum atomic E-state index is 6.01. The molecular weight excluding hydrogens is 361 g/mol. The summed E-state index contributed by atoms with van der Waals surface area (Å²) in [6, 6.07) is 13.7. The van der Waals surface area contributed by atoms with Crippen molar-refractivity contribution in [1.29, 1.82) is 0 Å². The van der Waals surface area contributed by atoms with Gasteiger partial charge in [-0.25, -0.2) is 0 Å². The van der Waals surface area contributed by atoms with Gasteiger partial charge in [0.25, 0.3) is 0 Å². The Balaban J connectivity index is 1.58. The lowest BCUT2D eigenvalue weighted by Crippen LogP contribution is -2.29. The number of piperidine rings is 1. The number of hydrogen-bond donors (Lipinski definition) is 2. The highest BCUT2D eigenvalue weighted by molar-refractivity contribution is 7.80. The Bertz CT molecular complexity index is 713. The number of rotatable bonds is 3. The van der Waals surface area contributed by atoms with Crippen LogP contribution in [0.15, 0.2) is 42.5 Å². The van der Waals surface area contributed by atoms with Crippen molar-refractivity contribution in [1.82, 2.24) is 0 Å². The van der Waals surface area contributed by atoms with Crippen molar-refractivity contribution in [2.45, 2.75) is 19.3 Å². The van der Waals surface area contributed by atoms with E-state index < -0.39 is 0 Å². The Labute approximate surface area is 157 Å². The predicted molar refractivity (Wildman–Crippen MR) is 109 cm³/mol. The monoisotopic (exact) mass is 379 g/mol. The zero-order chi connectivity index (χ0) is 16.9. The molecule has 1 saturated heterocycles. The van der Waals surface area contributed by atoms with Crippen LogP contribution in [0.3, 0.4) is 0 Å². The third-order valence-corrected chi connectivity index (χ3v) is 4.97. The molecule has 2 N–H and O–H groups in total.